The molecule has 1 atom stereocenters. The van der Waals surface area contributed by atoms with E-state index in [1.807, 2.05) is 12.1 Å². The van der Waals surface area contributed by atoms with Gasteiger partial charge in [0, 0.05) is 11.6 Å². The lowest BCUT2D eigenvalue weighted by molar-refractivity contribution is 0.0915. The zero-order valence-corrected chi connectivity index (χ0v) is 14.6. The van der Waals surface area contributed by atoms with E-state index in [1.165, 1.54) is 6.42 Å². The number of methoxy groups -OCH3 is 1. The molecule has 0 spiro atoms. The fourth-order valence-corrected chi connectivity index (χ4v) is 3.26. The van der Waals surface area contributed by atoms with Crippen LogP contribution in [0, 0.1) is 0 Å². The highest BCUT2D eigenvalue weighted by Crippen LogP contribution is 2.30. The maximum atomic E-state index is 12.9. The van der Waals surface area contributed by atoms with E-state index >= 15 is 0 Å². The number of carbonyl (C=O) groups excluding carboxylic acids is 1. The number of hydrogen-bond acceptors (Lipinski definition) is 5. The Hall–Kier alpha value is -2.34. The van der Waals surface area contributed by atoms with Crippen molar-refractivity contribution in [3.8, 4) is 17.0 Å². The molecule has 1 aliphatic rings. The summed E-state index contributed by atoms with van der Waals surface area (Å²) in [6.45, 7) is 1.57. The van der Waals surface area contributed by atoms with Gasteiger partial charge in [0.1, 0.15) is 23.1 Å². The van der Waals surface area contributed by atoms with Crippen LogP contribution >= 0.6 is 0 Å². The lowest BCUT2D eigenvalue weighted by atomic mass is 9.95. The second-order valence-corrected chi connectivity index (χ2v) is 6.48. The normalized spacial score (nSPS) is 16.4. The zero-order chi connectivity index (χ0) is 17.8. The first-order chi connectivity index (χ1) is 12.1. The van der Waals surface area contributed by atoms with Crippen LogP contribution in [0.3, 0.4) is 0 Å². The number of nitrogens with zero attached hydrogens (tertiary/aromatic N) is 1. The second-order valence-electron chi connectivity index (χ2n) is 6.48. The van der Waals surface area contributed by atoms with Crippen LogP contribution in [0.15, 0.2) is 28.8 Å². The minimum Gasteiger partial charge on any atom is -0.497 e. The molecular formula is C19H24N2O4. The summed E-state index contributed by atoms with van der Waals surface area (Å²) >= 11 is 0. The molecule has 0 radical (unpaired) electrons. The third kappa shape index (κ3) is 3.85. The highest BCUT2D eigenvalue weighted by Gasteiger charge is 2.28. The van der Waals surface area contributed by atoms with Gasteiger partial charge in [-0.15, -0.1) is 0 Å². The number of rotatable bonds is 5. The molecule has 1 saturated carbocycles. The molecule has 6 heteroatoms. The van der Waals surface area contributed by atoms with Crippen molar-refractivity contribution in [2.24, 2.45) is 0 Å². The molecule has 0 bridgehead atoms. The molecule has 1 aromatic heterocycles. The first-order valence-electron chi connectivity index (χ1n) is 8.73. The van der Waals surface area contributed by atoms with Crippen molar-refractivity contribution < 1.29 is 19.2 Å². The van der Waals surface area contributed by atoms with E-state index in [4.69, 9.17) is 9.26 Å². The molecule has 3 rings (SSSR count). The Morgan fingerprint density at radius 2 is 1.96 bits per heavy atom. The molecule has 134 valence electrons. The molecule has 1 heterocycles. The highest BCUT2D eigenvalue weighted by atomic mass is 16.5. The van der Waals surface area contributed by atoms with Crippen LogP contribution in [0.5, 0.6) is 5.75 Å². The van der Waals surface area contributed by atoms with Gasteiger partial charge in [0.15, 0.2) is 5.76 Å². The van der Waals surface area contributed by atoms with Gasteiger partial charge >= 0.3 is 0 Å². The number of ether oxygens (including phenoxy) is 1. The summed E-state index contributed by atoms with van der Waals surface area (Å²) in [6, 6.07) is 7.41. The number of benzene rings is 1. The summed E-state index contributed by atoms with van der Waals surface area (Å²) in [5, 5.41) is 17.1. The average molecular weight is 344 g/mol. The van der Waals surface area contributed by atoms with E-state index in [9.17, 15) is 9.90 Å². The largest absolute Gasteiger partial charge is 0.497 e. The Morgan fingerprint density at radius 1 is 1.28 bits per heavy atom. The zero-order valence-electron chi connectivity index (χ0n) is 14.6. The molecule has 1 aliphatic carbocycles. The highest BCUT2D eigenvalue weighted by molar-refractivity contribution is 6.01. The Bertz CT molecular complexity index is 716. The SMILES string of the molecule is COc1ccc(-c2noc([C@H](C)O)c2C(=O)NC2CCCCC2)cc1. The van der Waals surface area contributed by atoms with E-state index in [0.717, 1.165) is 37.0 Å². The van der Waals surface area contributed by atoms with Crippen LogP contribution in [-0.2, 0) is 0 Å². The molecule has 2 aromatic rings. The maximum absolute atomic E-state index is 12.9. The Morgan fingerprint density at radius 3 is 2.56 bits per heavy atom. The minimum absolute atomic E-state index is 0.168. The molecule has 2 N–H and O–H groups in total. The van der Waals surface area contributed by atoms with E-state index in [-0.39, 0.29) is 17.7 Å². The Balaban J connectivity index is 1.91. The Kier molecular flexibility index (Phi) is 5.38. The molecule has 1 aromatic carbocycles. The number of nitrogens with one attached hydrogen (secondary N) is 1. The molecule has 0 aliphatic heterocycles. The Labute approximate surface area is 147 Å². The van der Waals surface area contributed by atoms with Gasteiger partial charge in [-0.1, -0.05) is 24.4 Å². The van der Waals surface area contributed by atoms with Gasteiger partial charge in [0.2, 0.25) is 0 Å². The van der Waals surface area contributed by atoms with Gasteiger partial charge in [-0.2, -0.15) is 0 Å². The summed E-state index contributed by atoms with van der Waals surface area (Å²) in [4.78, 5) is 12.9. The monoisotopic (exact) mass is 344 g/mol. The van der Waals surface area contributed by atoms with Crippen LogP contribution < -0.4 is 10.1 Å². The van der Waals surface area contributed by atoms with Crippen LogP contribution in [0.2, 0.25) is 0 Å². The van der Waals surface area contributed by atoms with Crippen LogP contribution in [-0.4, -0.2) is 29.3 Å². The van der Waals surface area contributed by atoms with Gasteiger partial charge in [0.25, 0.3) is 5.91 Å². The lowest BCUT2D eigenvalue weighted by Crippen LogP contribution is -2.36. The van der Waals surface area contributed by atoms with Crippen molar-refractivity contribution >= 4 is 5.91 Å². The maximum Gasteiger partial charge on any atom is 0.257 e. The van der Waals surface area contributed by atoms with Crippen molar-refractivity contribution in [2.45, 2.75) is 51.2 Å². The van der Waals surface area contributed by atoms with Crippen molar-refractivity contribution in [3.63, 3.8) is 0 Å². The van der Waals surface area contributed by atoms with E-state index in [1.54, 1.807) is 26.2 Å². The van der Waals surface area contributed by atoms with Crippen LogP contribution in [0.1, 0.15) is 61.3 Å². The molecule has 0 saturated heterocycles. The summed E-state index contributed by atoms with van der Waals surface area (Å²) in [5.41, 5.74) is 1.49. The molecule has 6 nitrogen and oxygen atoms in total. The second kappa shape index (κ2) is 7.70. The average Bonchev–Trinajstić information content (AvgIpc) is 3.08. The standard InChI is InChI=1S/C19H24N2O4/c1-12(22)18-16(19(23)20-14-6-4-3-5-7-14)17(21-25-18)13-8-10-15(24-2)11-9-13/h8-12,14,22H,3-7H2,1-2H3,(H,20,23)/t12-/m0/s1. The smallest absolute Gasteiger partial charge is 0.257 e. The third-order valence-electron chi connectivity index (χ3n) is 4.63. The van der Waals surface area contributed by atoms with Gasteiger partial charge in [0.05, 0.1) is 7.11 Å². The van der Waals surface area contributed by atoms with Crippen molar-refractivity contribution in [1.82, 2.24) is 10.5 Å². The lowest BCUT2D eigenvalue weighted by Gasteiger charge is -2.22. The van der Waals surface area contributed by atoms with Gasteiger partial charge in [-0.3, -0.25) is 4.79 Å². The van der Waals surface area contributed by atoms with E-state index < -0.39 is 6.10 Å². The van der Waals surface area contributed by atoms with Gasteiger partial charge in [-0.05, 0) is 44.0 Å². The fraction of sp³-hybridized carbons (Fsp3) is 0.474. The topological polar surface area (TPSA) is 84.6 Å². The molecule has 25 heavy (non-hydrogen) atoms. The predicted molar refractivity (Wildman–Crippen MR) is 93.5 cm³/mol. The first kappa shape index (κ1) is 17.5. The fourth-order valence-electron chi connectivity index (χ4n) is 3.26. The number of aliphatic hydroxyl groups is 1. The molecule has 1 amide bonds. The quantitative estimate of drug-likeness (QED) is 0.867. The number of aliphatic hydroxyl groups excluding tert-OH is 1. The van der Waals surface area contributed by atoms with Crippen molar-refractivity contribution in [2.75, 3.05) is 7.11 Å². The number of amides is 1. The molecule has 0 unspecified atom stereocenters. The van der Waals surface area contributed by atoms with Crippen molar-refractivity contribution in [3.05, 3.63) is 35.6 Å². The van der Waals surface area contributed by atoms with E-state index in [0.29, 0.717) is 11.3 Å². The van der Waals surface area contributed by atoms with Gasteiger partial charge < -0.3 is 19.7 Å². The summed E-state index contributed by atoms with van der Waals surface area (Å²) < 4.78 is 10.4. The summed E-state index contributed by atoms with van der Waals surface area (Å²) in [6.07, 6.45) is 4.53. The predicted octanol–water partition coefficient (Wildman–Crippen LogP) is 3.47. The number of carbonyl (C=O) groups is 1. The molecular weight excluding hydrogens is 320 g/mol. The first-order valence-corrected chi connectivity index (χ1v) is 8.73. The summed E-state index contributed by atoms with van der Waals surface area (Å²) in [5.74, 6) is 0.671. The minimum atomic E-state index is -0.911. The summed E-state index contributed by atoms with van der Waals surface area (Å²) in [7, 11) is 1.60. The third-order valence-corrected chi connectivity index (χ3v) is 4.63. The number of aromatic nitrogens is 1. The van der Waals surface area contributed by atoms with Crippen molar-refractivity contribution in [1.29, 1.82) is 0 Å². The van der Waals surface area contributed by atoms with Gasteiger partial charge in [-0.25, -0.2) is 0 Å². The number of hydrogen-bond donors (Lipinski definition) is 2. The van der Waals surface area contributed by atoms with Crippen LogP contribution in [0.4, 0.5) is 0 Å². The molecule has 1 fully saturated rings. The van der Waals surface area contributed by atoms with E-state index in [2.05, 4.69) is 10.5 Å². The van der Waals surface area contributed by atoms with Crippen LogP contribution in [0.25, 0.3) is 11.3 Å².